The van der Waals surface area contributed by atoms with Gasteiger partial charge in [-0.15, -0.1) is 10.2 Å². The maximum Gasteiger partial charge on any atom is 0.245 e. The first kappa shape index (κ1) is 15.5. The molecule has 1 aliphatic heterocycles. The second-order valence-corrected chi connectivity index (χ2v) is 7.80. The summed E-state index contributed by atoms with van der Waals surface area (Å²) in [5.74, 6) is 5.00. The zero-order valence-electron chi connectivity index (χ0n) is 14.9. The topological polar surface area (TPSA) is 76.1 Å². The summed E-state index contributed by atoms with van der Waals surface area (Å²) in [4.78, 5) is 9.40. The standard InChI is InChI=1S/C17H25N7O/c1-22-7-8-24(10-14-19-20-16(23(14)2)12-5-6-12)9-13(22)17-18-15(21-25-17)11-3-4-11/h11-13H,3-10H2,1-2H3/t13-/m1/s1. The largest absolute Gasteiger partial charge is 0.338 e. The minimum Gasteiger partial charge on any atom is -0.338 e. The molecule has 1 atom stereocenters. The average molecular weight is 343 g/mol. The molecule has 0 bridgehead atoms. The highest BCUT2D eigenvalue weighted by Crippen LogP contribution is 2.39. The van der Waals surface area contributed by atoms with Gasteiger partial charge < -0.3 is 9.09 Å². The minimum atomic E-state index is 0.157. The van der Waals surface area contributed by atoms with Crippen molar-refractivity contribution in [1.82, 2.24) is 34.7 Å². The van der Waals surface area contributed by atoms with Gasteiger partial charge >= 0.3 is 0 Å². The van der Waals surface area contributed by atoms with Crippen molar-refractivity contribution < 1.29 is 4.52 Å². The molecule has 3 aliphatic rings. The van der Waals surface area contributed by atoms with Crippen LogP contribution in [0.15, 0.2) is 4.52 Å². The summed E-state index contributed by atoms with van der Waals surface area (Å²) in [5.41, 5.74) is 0. The van der Waals surface area contributed by atoms with Gasteiger partial charge in [-0.05, 0) is 32.7 Å². The number of hydrogen-bond acceptors (Lipinski definition) is 7. The lowest BCUT2D eigenvalue weighted by atomic mass is 10.1. The summed E-state index contributed by atoms with van der Waals surface area (Å²) < 4.78 is 7.76. The van der Waals surface area contributed by atoms with Gasteiger partial charge in [0.1, 0.15) is 17.7 Å². The van der Waals surface area contributed by atoms with Crippen LogP contribution >= 0.6 is 0 Å². The Bertz CT molecular complexity index is 761. The maximum atomic E-state index is 5.58. The Morgan fingerprint density at radius 1 is 1.04 bits per heavy atom. The molecule has 2 aromatic heterocycles. The first-order valence-corrected chi connectivity index (χ1v) is 9.33. The van der Waals surface area contributed by atoms with Crippen molar-refractivity contribution in [3.63, 3.8) is 0 Å². The zero-order valence-corrected chi connectivity index (χ0v) is 14.9. The number of nitrogens with zero attached hydrogens (tertiary/aromatic N) is 7. The van der Waals surface area contributed by atoms with E-state index in [1.54, 1.807) is 0 Å². The van der Waals surface area contributed by atoms with Crippen molar-refractivity contribution in [3.05, 3.63) is 23.4 Å². The lowest BCUT2D eigenvalue weighted by Gasteiger charge is -2.37. The summed E-state index contributed by atoms with van der Waals surface area (Å²) in [5, 5.41) is 13.0. The van der Waals surface area contributed by atoms with Gasteiger partial charge in [0, 0.05) is 38.5 Å². The molecule has 8 nitrogen and oxygen atoms in total. The van der Waals surface area contributed by atoms with Gasteiger partial charge in [-0.2, -0.15) is 4.98 Å². The predicted octanol–water partition coefficient (Wildman–Crippen LogP) is 1.44. The van der Waals surface area contributed by atoms with Crippen molar-refractivity contribution in [3.8, 4) is 0 Å². The van der Waals surface area contributed by atoms with Gasteiger partial charge in [-0.1, -0.05) is 5.16 Å². The van der Waals surface area contributed by atoms with E-state index in [-0.39, 0.29) is 6.04 Å². The second-order valence-electron chi connectivity index (χ2n) is 7.80. The highest BCUT2D eigenvalue weighted by molar-refractivity contribution is 5.09. The van der Waals surface area contributed by atoms with Crippen LogP contribution < -0.4 is 0 Å². The van der Waals surface area contributed by atoms with E-state index in [0.29, 0.717) is 11.8 Å². The van der Waals surface area contributed by atoms with Crippen LogP contribution in [0.1, 0.15) is 66.9 Å². The van der Waals surface area contributed by atoms with Crippen LogP contribution in [0.3, 0.4) is 0 Å². The van der Waals surface area contributed by atoms with Gasteiger partial charge in [0.05, 0.1) is 6.54 Å². The van der Waals surface area contributed by atoms with E-state index in [9.17, 15) is 0 Å². The Hall–Kier alpha value is -1.80. The van der Waals surface area contributed by atoms with Gasteiger partial charge in [0.25, 0.3) is 0 Å². The third-order valence-electron chi connectivity index (χ3n) is 5.72. The van der Waals surface area contributed by atoms with Crippen molar-refractivity contribution in [2.45, 2.75) is 50.1 Å². The van der Waals surface area contributed by atoms with E-state index in [1.807, 2.05) is 0 Å². The molecule has 3 heterocycles. The maximum absolute atomic E-state index is 5.58. The Morgan fingerprint density at radius 3 is 2.60 bits per heavy atom. The summed E-state index contributed by atoms with van der Waals surface area (Å²) in [7, 11) is 4.23. The highest BCUT2D eigenvalue weighted by atomic mass is 16.5. The van der Waals surface area contributed by atoms with Crippen LogP contribution in [0.5, 0.6) is 0 Å². The average Bonchev–Trinajstić information content (AvgIpc) is 3.54. The molecule has 134 valence electrons. The predicted molar refractivity (Wildman–Crippen MR) is 89.9 cm³/mol. The van der Waals surface area contributed by atoms with Gasteiger partial charge in [-0.25, -0.2) is 0 Å². The molecular weight excluding hydrogens is 318 g/mol. The summed E-state index contributed by atoms with van der Waals surface area (Å²) in [6.45, 7) is 3.71. The fourth-order valence-electron chi connectivity index (χ4n) is 3.64. The van der Waals surface area contributed by atoms with Gasteiger partial charge in [0.15, 0.2) is 5.82 Å². The lowest BCUT2D eigenvalue weighted by Crippen LogP contribution is -2.46. The van der Waals surface area contributed by atoms with Gasteiger partial charge in [0.2, 0.25) is 5.89 Å². The van der Waals surface area contributed by atoms with Crippen LogP contribution in [0.2, 0.25) is 0 Å². The number of aromatic nitrogens is 5. The number of piperazine rings is 1. The van der Waals surface area contributed by atoms with E-state index < -0.39 is 0 Å². The minimum absolute atomic E-state index is 0.157. The summed E-state index contributed by atoms with van der Waals surface area (Å²) >= 11 is 0. The molecule has 2 aliphatic carbocycles. The van der Waals surface area contributed by atoms with E-state index >= 15 is 0 Å². The fraction of sp³-hybridized carbons (Fsp3) is 0.765. The Morgan fingerprint density at radius 2 is 1.84 bits per heavy atom. The summed E-state index contributed by atoms with van der Waals surface area (Å²) in [6.07, 6.45) is 4.90. The SMILES string of the molecule is CN1CCN(Cc2nnc(C3CC3)n2C)C[C@@H]1c1nc(C2CC2)no1. The van der Waals surface area contributed by atoms with Crippen LogP contribution in [0, 0.1) is 0 Å². The third kappa shape index (κ3) is 2.97. The molecular formula is C17H25N7O. The third-order valence-corrected chi connectivity index (χ3v) is 5.72. The molecule has 0 N–H and O–H groups in total. The zero-order chi connectivity index (χ0) is 17.0. The molecule has 2 saturated carbocycles. The smallest absolute Gasteiger partial charge is 0.245 e. The van der Waals surface area contributed by atoms with Crippen molar-refractivity contribution in [2.75, 3.05) is 26.7 Å². The normalized spacial score (nSPS) is 25.6. The molecule has 8 heteroatoms. The fourth-order valence-corrected chi connectivity index (χ4v) is 3.64. The molecule has 2 aromatic rings. The molecule has 1 saturated heterocycles. The molecule has 0 spiro atoms. The first-order valence-electron chi connectivity index (χ1n) is 9.33. The number of likely N-dealkylation sites (N-methyl/N-ethyl adjacent to an activating group) is 1. The Balaban J connectivity index is 1.29. The highest BCUT2D eigenvalue weighted by Gasteiger charge is 2.34. The van der Waals surface area contributed by atoms with Crippen molar-refractivity contribution in [1.29, 1.82) is 0 Å². The van der Waals surface area contributed by atoms with Crippen LogP contribution in [0.25, 0.3) is 0 Å². The molecule has 3 fully saturated rings. The van der Waals surface area contributed by atoms with Crippen LogP contribution in [-0.2, 0) is 13.6 Å². The molecule has 0 unspecified atom stereocenters. The van der Waals surface area contributed by atoms with Crippen molar-refractivity contribution >= 4 is 0 Å². The molecule has 0 amide bonds. The van der Waals surface area contributed by atoms with Crippen LogP contribution in [0.4, 0.5) is 0 Å². The number of rotatable bonds is 5. The van der Waals surface area contributed by atoms with E-state index in [1.165, 1.54) is 25.7 Å². The quantitative estimate of drug-likeness (QED) is 0.813. The molecule has 0 aromatic carbocycles. The van der Waals surface area contributed by atoms with E-state index in [0.717, 1.165) is 49.5 Å². The van der Waals surface area contributed by atoms with Crippen molar-refractivity contribution in [2.24, 2.45) is 7.05 Å². The summed E-state index contributed by atoms with van der Waals surface area (Å²) in [6, 6.07) is 0.157. The molecule has 5 rings (SSSR count). The van der Waals surface area contributed by atoms with E-state index in [2.05, 4.69) is 48.8 Å². The van der Waals surface area contributed by atoms with Gasteiger partial charge in [-0.3, -0.25) is 9.80 Å². The first-order chi connectivity index (χ1) is 12.2. The monoisotopic (exact) mass is 343 g/mol. The second kappa shape index (κ2) is 5.88. The molecule has 0 radical (unpaired) electrons. The number of hydrogen-bond donors (Lipinski definition) is 0. The Kier molecular flexibility index (Phi) is 3.63. The lowest BCUT2D eigenvalue weighted by molar-refractivity contribution is 0.0693. The molecule has 25 heavy (non-hydrogen) atoms. The van der Waals surface area contributed by atoms with Crippen LogP contribution in [-0.4, -0.2) is 61.4 Å². The van der Waals surface area contributed by atoms with E-state index in [4.69, 9.17) is 4.52 Å². The Labute approximate surface area is 147 Å².